The van der Waals surface area contributed by atoms with Crippen molar-refractivity contribution in [2.75, 3.05) is 26.8 Å². The van der Waals surface area contributed by atoms with Crippen LogP contribution < -0.4 is 4.74 Å². The van der Waals surface area contributed by atoms with Crippen molar-refractivity contribution in [1.29, 1.82) is 0 Å². The summed E-state index contributed by atoms with van der Waals surface area (Å²) in [6.45, 7) is 7.18. The first kappa shape index (κ1) is 17.5. The van der Waals surface area contributed by atoms with E-state index in [2.05, 4.69) is 29.7 Å². The highest BCUT2D eigenvalue weighted by Gasteiger charge is 2.66. The Morgan fingerprint density at radius 2 is 2.18 bits per heavy atom. The molecule has 5 aliphatic rings. The van der Waals surface area contributed by atoms with E-state index < -0.39 is 0 Å². The van der Waals surface area contributed by atoms with Gasteiger partial charge in [-0.1, -0.05) is 12.1 Å². The summed E-state index contributed by atoms with van der Waals surface area (Å²) in [7, 11) is 1.80. The summed E-state index contributed by atoms with van der Waals surface area (Å²) in [6.07, 6.45) is 10.3. The van der Waals surface area contributed by atoms with E-state index in [1.165, 1.54) is 51.6 Å². The average Bonchev–Trinajstić information content (AvgIpc) is 3.62. The second-order valence-corrected chi connectivity index (χ2v) is 10.1. The van der Waals surface area contributed by atoms with Gasteiger partial charge in [0.05, 0.1) is 19.8 Å². The number of ether oxygens (including phenoxy) is 2. The first-order chi connectivity index (χ1) is 13.7. The third-order valence-electron chi connectivity index (χ3n) is 8.66. The smallest absolute Gasteiger partial charge is 0.119 e. The van der Waals surface area contributed by atoms with Crippen molar-refractivity contribution in [3.8, 4) is 5.75 Å². The van der Waals surface area contributed by atoms with Gasteiger partial charge in [-0.2, -0.15) is 0 Å². The van der Waals surface area contributed by atoms with E-state index in [9.17, 15) is 0 Å². The van der Waals surface area contributed by atoms with Crippen molar-refractivity contribution in [3.05, 3.63) is 42.0 Å². The summed E-state index contributed by atoms with van der Waals surface area (Å²) in [6, 6.07) is 7.65. The van der Waals surface area contributed by atoms with Gasteiger partial charge in [-0.3, -0.25) is 4.90 Å². The summed E-state index contributed by atoms with van der Waals surface area (Å²) >= 11 is 0. The molecule has 1 aromatic rings. The number of hydrogen-bond donors (Lipinski definition) is 0. The normalized spacial score (nSPS) is 40.8. The number of rotatable bonds is 6. The van der Waals surface area contributed by atoms with Crippen LogP contribution >= 0.6 is 0 Å². The Morgan fingerprint density at radius 3 is 2.96 bits per heavy atom. The Balaban J connectivity index is 1.42. The third-order valence-corrected chi connectivity index (χ3v) is 8.66. The molecule has 5 unspecified atom stereocenters. The van der Waals surface area contributed by atoms with Crippen LogP contribution in [0.25, 0.3) is 0 Å². The van der Waals surface area contributed by atoms with Crippen LogP contribution in [0.3, 0.4) is 0 Å². The molecule has 4 fully saturated rings. The highest BCUT2D eigenvalue weighted by atomic mass is 16.5. The molecule has 3 nitrogen and oxygen atoms in total. The second kappa shape index (κ2) is 6.34. The molecule has 1 aromatic carbocycles. The van der Waals surface area contributed by atoms with Crippen LogP contribution in [-0.4, -0.2) is 43.9 Å². The zero-order chi connectivity index (χ0) is 18.9. The van der Waals surface area contributed by atoms with E-state index in [-0.39, 0.29) is 5.41 Å². The molecule has 0 radical (unpaired) electrons. The number of likely N-dealkylation sites (tertiary alicyclic amines) is 1. The maximum absolute atomic E-state index is 6.33. The van der Waals surface area contributed by atoms with Crippen molar-refractivity contribution in [2.24, 2.45) is 23.7 Å². The highest BCUT2D eigenvalue weighted by Crippen LogP contribution is 2.67. The lowest BCUT2D eigenvalue weighted by Crippen LogP contribution is -2.63. The molecule has 0 N–H and O–H groups in total. The van der Waals surface area contributed by atoms with Gasteiger partial charge in [0.2, 0.25) is 0 Å². The molecule has 3 saturated carbocycles. The lowest BCUT2D eigenvalue weighted by molar-refractivity contribution is -0.0729. The molecule has 0 spiro atoms. The number of methoxy groups -OCH3 is 1. The Hall–Kier alpha value is -1.32. The van der Waals surface area contributed by atoms with Crippen LogP contribution in [0, 0.1) is 23.7 Å². The molecule has 3 heteroatoms. The standard InChI is InChI=1S/C25H33NO2/c1-3-10-28-23-14-25-8-9-26(15-16-4-5-16)22(24(25)20-13-19(20)23)11-17-6-7-18(27-2)12-21(17)25/h3,6-7,12,16,19-20,22-24H,1,4-5,8-11,13-15H2,2H3/t19?,20?,22-,23?,24?,25?/m1/s1. The highest BCUT2D eigenvalue weighted by molar-refractivity contribution is 5.47. The minimum Gasteiger partial charge on any atom is -0.497 e. The quantitative estimate of drug-likeness (QED) is 0.692. The van der Waals surface area contributed by atoms with Gasteiger partial charge in [-0.15, -0.1) is 6.58 Å². The Morgan fingerprint density at radius 1 is 1.29 bits per heavy atom. The minimum absolute atomic E-state index is 0.288. The van der Waals surface area contributed by atoms with Crippen LogP contribution in [0.1, 0.15) is 43.2 Å². The molecule has 0 amide bonds. The number of hydrogen-bond acceptors (Lipinski definition) is 3. The van der Waals surface area contributed by atoms with Gasteiger partial charge in [0.15, 0.2) is 0 Å². The number of benzene rings is 1. The van der Waals surface area contributed by atoms with Gasteiger partial charge in [0, 0.05) is 18.0 Å². The summed E-state index contributed by atoms with van der Waals surface area (Å²) < 4.78 is 12.0. The molecule has 0 aromatic heterocycles. The Kier molecular flexibility index (Phi) is 3.97. The van der Waals surface area contributed by atoms with Gasteiger partial charge in [0.1, 0.15) is 5.75 Å². The van der Waals surface area contributed by atoms with E-state index in [1.807, 2.05) is 6.08 Å². The number of nitrogens with zero attached hydrogens (tertiary/aromatic N) is 1. The molecular formula is C25H33NO2. The van der Waals surface area contributed by atoms with Gasteiger partial charge in [-0.25, -0.2) is 0 Å². The fourth-order valence-electron chi connectivity index (χ4n) is 7.25. The summed E-state index contributed by atoms with van der Waals surface area (Å²) in [4.78, 5) is 2.90. The van der Waals surface area contributed by atoms with E-state index in [1.54, 1.807) is 18.2 Å². The molecule has 1 saturated heterocycles. The van der Waals surface area contributed by atoms with Crippen molar-refractivity contribution < 1.29 is 9.47 Å². The molecule has 6 atom stereocenters. The van der Waals surface area contributed by atoms with Gasteiger partial charge in [-0.05, 0) is 92.0 Å². The van der Waals surface area contributed by atoms with Crippen molar-refractivity contribution in [2.45, 2.75) is 56.1 Å². The second-order valence-electron chi connectivity index (χ2n) is 10.1. The summed E-state index contributed by atoms with van der Waals surface area (Å²) in [5.74, 6) is 4.45. The van der Waals surface area contributed by atoms with Gasteiger partial charge in [0.25, 0.3) is 0 Å². The van der Waals surface area contributed by atoms with E-state index in [4.69, 9.17) is 9.47 Å². The van der Waals surface area contributed by atoms with Crippen molar-refractivity contribution in [1.82, 2.24) is 4.90 Å². The fourth-order valence-corrected chi connectivity index (χ4v) is 7.25. The number of piperidine rings is 1. The lowest BCUT2D eigenvalue weighted by atomic mass is 9.51. The zero-order valence-corrected chi connectivity index (χ0v) is 17.1. The predicted octanol–water partition coefficient (Wildman–Crippen LogP) is 4.20. The molecule has 28 heavy (non-hydrogen) atoms. The third kappa shape index (κ3) is 2.55. The first-order valence-electron chi connectivity index (χ1n) is 11.4. The summed E-state index contributed by atoms with van der Waals surface area (Å²) in [5, 5.41) is 0. The van der Waals surface area contributed by atoms with E-state index in [0.29, 0.717) is 12.7 Å². The maximum Gasteiger partial charge on any atom is 0.119 e. The molecule has 1 heterocycles. The lowest BCUT2D eigenvalue weighted by Gasteiger charge is -2.60. The van der Waals surface area contributed by atoms with Crippen LogP contribution in [0.2, 0.25) is 0 Å². The first-order valence-corrected chi connectivity index (χ1v) is 11.4. The SMILES string of the molecule is C=CCOC1CC23CCN(CC4CC4)[C@H](Cc4ccc(OC)cc42)C3C2CC12. The minimum atomic E-state index is 0.288. The molecule has 4 aliphatic carbocycles. The van der Waals surface area contributed by atoms with Crippen molar-refractivity contribution >= 4 is 0 Å². The number of fused-ring (bicyclic) bond motifs is 2. The fraction of sp³-hybridized carbons (Fsp3) is 0.680. The topological polar surface area (TPSA) is 21.7 Å². The Bertz CT molecular complexity index is 787. The van der Waals surface area contributed by atoms with Crippen LogP contribution in [0.15, 0.2) is 30.9 Å². The molecule has 150 valence electrons. The zero-order valence-electron chi connectivity index (χ0n) is 17.1. The maximum atomic E-state index is 6.33. The van der Waals surface area contributed by atoms with Gasteiger partial charge < -0.3 is 9.47 Å². The largest absolute Gasteiger partial charge is 0.497 e. The van der Waals surface area contributed by atoms with Crippen LogP contribution in [0.4, 0.5) is 0 Å². The summed E-state index contributed by atoms with van der Waals surface area (Å²) in [5.41, 5.74) is 3.46. The molecular weight excluding hydrogens is 346 g/mol. The Labute approximate surface area is 169 Å². The van der Waals surface area contributed by atoms with Crippen LogP contribution in [0.5, 0.6) is 5.75 Å². The molecule has 2 bridgehead atoms. The molecule has 1 aliphatic heterocycles. The average molecular weight is 380 g/mol. The predicted molar refractivity (Wildman–Crippen MR) is 111 cm³/mol. The monoisotopic (exact) mass is 379 g/mol. The van der Waals surface area contributed by atoms with E-state index >= 15 is 0 Å². The van der Waals surface area contributed by atoms with Gasteiger partial charge >= 0.3 is 0 Å². The van der Waals surface area contributed by atoms with Crippen molar-refractivity contribution in [3.63, 3.8) is 0 Å². The van der Waals surface area contributed by atoms with E-state index in [0.717, 1.165) is 35.5 Å². The molecule has 6 rings (SSSR count). The van der Waals surface area contributed by atoms with Crippen LogP contribution in [-0.2, 0) is 16.6 Å².